The molecule has 0 bridgehead atoms. The summed E-state index contributed by atoms with van der Waals surface area (Å²) in [7, 11) is -4.10. The second-order valence-electron chi connectivity index (χ2n) is 6.79. The molecule has 2 aliphatic heterocycles. The zero-order valence-corrected chi connectivity index (χ0v) is 15.1. The maximum absolute atomic E-state index is 14.2. The van der Waals surface area contributed by atoms with Gasteiger partial charge in [-0.2, -0.15) is 4.31 Å². The molecule has 1 aromatic carbocycles. The van der Waals surface area contributed by atoms with Gasteiger partial charge in [0.15, 0.2) is 5.82 Å². The van der Waals surface area contributed by atoms with Crippen molar-refractivity contribution in [1.29, 1.82) is 0 Å². The summed E-state index contributed by atoms with van der Waals surface area (Å²) in [5.74, 6) is -0.367. The molecule has 4 rings (SSSR count). The van der Waals surface area contributed by atoms with Gasteiger partial charge in [0.1, 0.15) is 22.4 Å². The van der Waals surface area contributed by atoms with E-state index in [0.717, 1.165) is 50.2 Å². The molecule has 2 aliphatic rings. The zero-order valence-electron chi connectivity index (χ0n) is 14.2. The van der Waals surface area contributed by atoms with E-state index in [1.807, 2.05) is 4.57 Å². The predicted octanol–water partition coefficient (Wildman–Crippen LogP) is 2.81. The molecular formula is C17H20F2N4O2S. The first-order valence-electron chi connectivity index (χ1n) is 8.87. The lowest BCUT2D eigenvalue weighted by Gasteiger charge is -2.34. The van der Waals surface area contributed by atoms with Gasteiger partial charge >= 0.3 is 0 Å². The van der Waals surface area contributed by atoms with Gasteiger partial charge in [0.25, 0.3) is 0 Å². The third kappa shape index (κ3) is 2.92. The first-order chi connectivity index (χ1) is 12.5. The summed E-state index contributed by atoms with van der Waals surface area (Å²) in [5, 5.41) is 8.49. The van der Waals surface area contributed by atoms with Gasteiger partial charge in [-0.05, 0) is 37.8 Å². The third-order valence-corrected chi connectivity index (χ3v) is 7.06. The fourth-order valence-corrected chi connectivity index (χ4v) is 5.54. The van der Waals surface area contributed by atoms with Crippen LogP contribution in [0.5, 0.6) is 0 Å². The van der Waals surface area contributed by atoms with Gasteiger partial charge in [-0.1, -0.05) is 6.42 Å². The molecule has 0 spiro atoms. The number of hydrogen-bond acceptors (Lipinski definition) is 4. The first-order valence-corrected chi connectivity index (χ1v) is 10.3. The van der Waals surface area contributed by atoms with Gasteiger partial charge in [0.05, 0.1) is 6.04 Å². The van der Waals surface area contributed by atoms with Crippen LogP contribution in [0.15, 0.2) is 23.1 Å². The summed E-state index contributed by atoms with van der Waals surface area (Å²) in [5.41, 5.74) is 0. The number of aromatic nitrogens is 3. The molecule has 1 fully saturated rings. The molecular weight excluding hydrogens is 362 g/mol. The van der Waals surface area contributed by atoms with E-state index in [4.69, 9.17) is 0 Å². The van der Waals surface area contributed by atoms with Crippen LogP contribution in [0.3, 0.4) is 0 Å². The van der Waals surface area contributed by atoms with Crippen molar-refractivity contribution < 1.29 is 17.2 Å². The van der Waals surface area contributed by atoms with Crippen LogP contribution in [0.25, 0.3) is 0 Å². The fourth-order valence-electron chi connectivity index (χ4n) is 3.84. The van der Waals surface area contributed by atoms with Gasteiger partial charge in [0.2, 0.25) is 10.0 Å². The molecule has 1 aromatic heterocycles. The highest BCUT2D eigenvalue weighted by atomic mass is 32.2. The van der Waals surface area contributed by atoms with Crippen molar-refractivity contribution in [3.63, 3.8) is 0 Å². The van der Waals surface area contributed by atoms with Gasteiger partial charge < -0.3 is 4.57 Å². The van der Waals surface area contributed by atoms with E-state index < -0.39 is 32.6 Å². The minimum absolute atomic E-state index is 0.284. The molecule has 1 unspecified atom stereocenters. The summed E-state index contributed by atoms with van der Waals surface area (Å²) in [6, 6.07) is 2.08. The first kappa shape index (κ1) is 17.5. The molecule has 0 N–H and O–H groups in total. The monoisotopic (exact) mass is 382 g/mol. The second-order valence-corrected chi connectivity index (χ2v) is 8.64. The van der Waals surface area contributed by atoms with Gasteiger partial charge in [-0.15, -0.1) is 10.2 Å². The van der Waals surface area contributed by atoms with Crippen LogP contribution in [0.4, 0.5) is 8.78 Å². The van der Waals surface area contributed by atoms with Crippen LogP contribution in [0.1, 0.15) is 49.8 Å². The van der Waals surface area contributed by atoms with Crippen molar-refractivity contribution in [1.82, 2.24) is 19.1 Å². The number of halogens is 2. The zero-order chi connectivity index (χ0) is 18.3. The molecule has 0 aliphatic carbocycles. The maximum Gasteiger partial charge on any atom is 0.246 e. The van der Waals surface area contributed by atoms with Crippen molar-refractivity contribution in [3.8, 4) is 0 Å². The number of sulfonamides is 1. The largest absolute Gasteiger partial charge is 0.314 e. The van der Waals surface area contributed by atoms with Crippen LogP contribution in [0, 0.1) is 11.6 Å². The molecule has 0 radical (unpaired) electrons. The Labute approximate surface area is 150 Å². The average Bonchev–Trinajstić information content (AvgIpc) is 3.05. The number of piperidine rings is 1. The van der Waals surface area contributed by atoms with E-state index >= 15 is 0 Å². The van der Waals surface area contributed by atoms with E-state index in [-0.39, 0.29) is 6.54 Å². The lowest BCUT2D eigenvalue weighted by molar-refractivity contribution is 0.238. The van der Waals surface area contributed by atoms with Crippen molar-refractivity contribution in [2.24, 2.45) is 0 Å². The van der Waals surface area contributed by atoms with Gasteiger partial charge in [-0.25, -0.2) is 17.2 Å². The van der Waals surface area contributed by atoms with Crippen LogP contribution >= 0.6 is 0 Å². The number of aryl methyl sites for hydroxylation is 1. The van der Waals surface area contributed by atoms with E-state index in [0.29, 0.717) is 24.7 Å². The minimum Gasteiger partial charge on any atom is -0.314 e. The Bertz CT molecular complexity index is 929. The number of rotatable bonds is 3. The van der Waals surface area contributed by atoms with Gasteiger partial charge in [0, 0.05) is 25.6 Å². The Kier molecular flexibility index (Phi) is 4.52. The van der Waals surface area contributed by atoms with E-state index in [2.05, 4.69) is 10.2 Å². The maximum atomic E-state index is 14.2. The number of fused-ring (bicyclic) bond motifs is 1. The highest BCUT2D eigenvalue weighted by molar-refractivity contribution is 7.89. The smallest absolute Gasteiger partial charge is 0.246 e. The topological polar surface area (TPSA) is 68.1 Å². The highest BCUT2D eigenvalue weighted by Crippen LogP contribution is 2.36. The average molecular weight is 382 g/mol. The van der Waals surface area contributed by atoms with Crippen LogP contribution < -0.4 is 0 Å². The quantitative estimate of drug-likeness (QED) is 0.819. The number of nitrogens with zero attached hydrogens (tertiary/aromatic N) is 4. The molecule has 0 saturated carbocycles. The molecule has 140 valence electrons. The molecule has 26 heavy (non-hydrogen) atoms. The SMILES string of the molecule is O=S(=O)(c1ccc(F)cc1F)N1CCCCC1c1nnc2n1CCCC2. The Hall–Kier alpha value is -1.87. The summed E-state index contributed by atoms with van der Waals surface area (Å²) in [6.07, 6.45) is 5.05. The molecule has 6 nitrogen and oxygen atoms in total. The minimum atomic E-state index is -4.10. The summed E-state index contributed by atoms with van der Waals surface area (Å²) in [4.78, 5) is -0.496. The molecule has 1 atom stereocenters. The molecule has 9 heteroatoms. The van der Waals surface area contributed by atoms with Crippen LogP contribution in [0.2, 0.25) is 0 Å². The van der Waals surface area contributed by atoms with Crippen molar-refractivity contribution in [3.05, 3.63) is 41.5 Å². The Morgan fingerprint density at radius 1 is 1.04 bits per heavy atom. The molecule has 1 saturated heterocycles. The number of benzene rings is 1. The lowest BCUT2D eigenvalue weighted by atomic mass is 10.0. The standard InChI is InChI=1S/C17H20F2N4O2S/c18-12-7-8-15(13(19)11-12)26(24,25)23-10-4-1-5-14(23)17-21-20-16-6-2-3-9-22(16)17/h7-8,11,14H,1-6,9-10H2. The number of hydrogen-bond donors (Lipinski definition) is 0. The fraction of sp³-hybridized carbons (Fsp3) is 0.529. The van der Waals surface area contributed by atoms with E-state index in [1.165, 1.54) is 4.31 Å². The van der Waals surface area contributed by atoms with Crippen molar-refractivity contribution in [2.75, 3.05) is 6.54 Å². The Morgan fingerprint density at radius 2 is 1.85 bits per heavy atom. The predicted molar refractivity (Wildman–Crippen MR) is 89.8 cm³/mol. The van der Waals surface area contributed by atoms with E-state index in [1.54, 1.807) is 0 Å². The lowest BCUT2D eigenvalue weighted by Crippen LogP contribution is -2.40. The van der Waals surface area contributed by atoms with Crippen LogP contribution in [-0.4, -0.2) is 34.0 Å². The van der Waals surface area contributed by atoms with Crippen molar-refractivity contribution >= 4 is 10.0 Å². The highest BCUT2D eigenvalue weighted by Gasteiger charge is 2.39. The summed E-state index contributed by atoms with van der Waals surface area (Å²) >= 11 is 0. The van der Waals surface area contributed by atoms with Crippen molar-refractivity contribution in [2.45, 2.75) is 56.0 Å². The Balaban J connectivity index is 1.75. The molecule has 3 heterocycles. The summed E-state index contributed by atoms with van der Waals surface area (Å²) < 4.78 is 56.9. The Morgan fingerprint density at radius 3 is 2.65 bits per heavy atom. The third-order valence-electron chi connectivity index (χ3n) is 5.12. The van der Waals surface area contributed by atoms with Gasteiger partial charge in [-0.3, -0.25) is 0 Å². The summed E-state index contributed by atoms with van der Waals surface area (Å²) in [6.45, 7) is 1.05. The normalized spacial score (nSPS) is 21.5. The molecule has 0 amide bonds. The van der Waals surface area contributed by atoms with Crippen LogP contribution in [-0.2, 0) is 23.0 Å². The van der Waals surface area contributed by atoms with E-state index in [9.17, 15) is 17.2 Å². The molecule has 2 aromatic rings. The second kappa shape index (κ2) is 6.70.